The van der Waals surface area contributed by atoms with Gasteiger partial charge in [0.2, 0.25) is 0 Å². The highest BCUT2D eigenvalue weighted by atomic mass is 32.1. The molecular weight excluding hydrogens is 258 g/mol. The van der Waals surface area contributed by atoms with Gasteiger partial charge in [0.15, 0.2) is 0 Å². The van der Waals surface area contributed by atoms with E-state index in [0.717, 1.165) is 18.6 Å². The van der Waals surface area contributed by atoms with Gasteiger partial charge < -0.3 is 4.74 Å². The van der Waals surface area contributed by atoms with E-state index >= 15 is 0 Å². The first-order valence-electron chi connectivity index (χ1n) is 6.36. The Kier molecular flexibility index (Phi) is 3.50. The number of fused-ring (bicyclic) bond motifs is 1. The third kappa shape index (κ3) is 2.25. The number of hydrogen-bond acceptors (Lipinski definition) is 5. The van der Waals surface area contributed by atoms with Gasteiger partial charge in [-0.25, -0.2) is 0 Å². The highest BCUT2D eigenvalue weighted by Crippen LogP contribution is 2.42. The first-order valence-corrected chi connectivity index (χ1v) is 7.23. The molecule has 2 aromatic heterocycles. The van der Waals surface area contributed by atoms with Gasteiger partial charge in [0.05, 0.1) is 13.2 Å². The molecule has 4 nitrogen and oxygen atoms in total. The lowest BCUT2D eigenvalue weighted by molar-refractivity contribution is 0.413. The molecule has 0 saturated heterocycles. The Balaban J connectivity index is 1.91. The Labute approximate surface area is 116 Å². The Hall–Kier alpha value is -1.43. The molecule has 0 bridgehead atoms. The van der Waals surface area contributed by atoms with Gasteiger partial charge in [0.1, 0.15) is 5.75 Å². The van der Waals surface area contributed by atoms with Gasteiger partial charge in [0, 0.05) is 28.1 Å². The minimum Gasteiger partial charge on any atom is -0.496 e. The lowest BCUT2D eigenvalue weighted by Gasteiger charge is -2.21. The van der Waals surface area contributed by atoms with Crippen LogP contribution >= 0.6 is 11.3 Å². The third-order valence-electron chi connectivity index (χ3n) is 3.72. The monoisotopic (exact) mass is 275 g/mol. The summed E-state index contributed by atoms with van der Waals surface area (Å²) < 4.78 is 5.25. The average Bonchev–Trinajstić information content (AvgIpc) is 3.07. The van der Waals surface area contributed by atoms with Gasteiger partial charge in [-0.15, -0.1) is 11.3 Å². The molecule has 0 radical (unpaired) electrons. The summed E-state index contributed by atoms with van der Waals surface area (Å²) in [5.74, 6) is 7.01. The van der Waals surface area contributed by atoms with Gasteiger partial charge in [0.25, 0.3) is 0 Å². The molecule has 2 unspecified atom stereocenters. The minimum atomic E-state index is 0.102. The fourth-order valence-electron chi connectivity index (χ4n) is 2.77. The fourth-order valence-corrected chi connectivity index (χ4v) is 3.75. The van der Waals surface area contributed by atoms with Gasteiger partial charge in [-0.2, -0.15) is 0 Å². The van der Waals surface area contributed by atoms with Crippen LogP contribution in [-0.4, -0.2) is 12.1 Å². The van der Waals surface area contributed by atoms with E-state index in [-0.39, 0.29) is 6.04 Å². The van der Waals surface area contributed by atoms with Crippen LogP contribution in [0.25, 0.3) is 0 Å². The van der Waals surface area contributed by atoms with E-state index in [2.05, 4.69) is 22.5 Å². The largest absolute Gasteiger partial charge is 0.496 e. The van der Waals surface area contributed by atoms with E-state index in [1.54, 1.807) is 18.4 Å². The van der Waals surface area contributed by atoms with Crippen LogP contribution in [0.3, 0.4) is 0 Å². The van der Waals surface area contributed by atoms with Gasteiger partial charge in [-0.3, -0.25) is 16.3 Å². The first-order chi connectivity index (χ1) is 9.33. The number of methoxy groups -OCH3 is 1. The van der Waals surface area contributed by atoms with Crippen molar-refractivity contribution < 1.29 is 4.74 Å². The lowest BCUT2D eigenvalue weighted by Crippen LogP contribution is -2.31. The first kappa shape index (κ1) is 12.6. The number of ether oxygens (including phenoxy) is 1. The van der Waals surface area contributed by atoms with Crippen LogP contribution in [0.15, 0.2) is 29.8 Å². The quantitative estimate of drug-likeness (QED) is 0.664. The van der Waals surface area contributed by atoms with Crippen molar-refractivity contribution in [3.05, 3.63) is 45.9 Å². The second-order valence-corrected chi connectivity index (χ2v) is 5.67. The number of nitrogens with two attached hydrogens (primary N) is 1. The normalized spacial score (nSPS) is 19.2. The molecule has 0 fully saturated rings. The molecule has 2 atom stereocenters. The number of aromatic nitrogens is 1. The summed E-state index contributed by atoms with van der Waals surface area (Å²) in [6.45, 7) is 0. The molecule has 0 saturated carbocycles. The molecule has 3 N–H and O–H groups in total. The standard InChI is InChI=1S/C14H17N3OS/c1-18-10-7-12(19-8-10)14(17-15)11-5-4-9-3-2-6-16-13(9)11/h2-3,6-8,11,14,17H,4-5,15H2,1H3. The smallest absolute Gasteiger partial charge is 0.129 e. The van der Waals surface area contributed by atoms with Crippen molar-refractivity contribution in [3.63, 3.8) is 0 Å². The van der Waals surface area contributed by atoms with E-state index in [1.165, 1.54) is 16.1 Å². The van der Waals surface area contributed by atoms with Crippen molar-refractivity contribution in [2.24, 2.45) is 5.84 Å². The molecule has 100 valence electrons. The van der Waals surface area contributed by atoms with Crippen molar-refractivity contribution in [2.45, 2.75) is 24.8 Å². The summed E-state index contributed by atoms with van der Waals surface area (Å²) in [7, 11) is 1.68. The van der Waals surface area contributed by atoms with Crippen LogP contribution in [0.4, 0.5) is 0 Å². The molecule has 0 aromatic carbocycles. The molecule has 1 aliphatic rings. The molecule has 2 aromatic rings. The molecule has 3 rings (SSSR count). The number of hydrogen-bond donors (Lipinski definition) is 2. The van der Waals surface area contributed by atoms with E-state index in [9.17, 15) is 0 Å². The van der Waals surface area contributed by atoms with Crippen LogP contribution in [0, 0.1) is 0 Å². The van der Waals surface area contributed by atoms with Crippen molar-refractivity contribution >= 4 is 11.3 Å². The molecule has 1 aliphatic carbocycles. The highest BCUT2D eigenvalue weighted by Gasteiger charge is 2.32. The summed E-state index contributed by atoms with van der Waals surface area (Å²) in [4.78, 5) is 5.74. The van der Waals surface area contributed by atoms with Gasteiger partial charge >= 0.3 is 0 Å². The van der Waals surface area contributed by atoms with Crippen molar-refractivity contribution in [3.8, 4) is 5.75 Å². The van der Waals surface area contributed by atoms with Crippen molar-refractivity contribution in [2.75, 3.05) is 7.11 Å². The molecular formula is C14H17N3OS. The molecule has 0 amide bonds. The van der Waals surface area contributed by atoms with Gasteiger partial charge in [-0.05, 0) is 30.5 Å². The predicted molar refractivity (Wildman–Crippen MR) is 76.2 cm³/mol. The molecule has 19 heavy (non-hydrogen) atoms. The number of hydrazine groups is 1. The average molecular weight is 275 g/mol. The minimum absolute atomic E-state index is 0.102. The zero-order chi connectivity index (χ0) is 13.2. The van der Waals surface area contributed by atoms with E-state index in [0.29, 0.717) is 5.92 Å². The number of thiophene rings is 1. The fraction of sp³-hybridized carbons (Fsp3) is 0.357. The summed E-state index contributed by atoms with van der Waals surface area (Å²) in [5, 5.41) is 2.01. The number of nitrogens with zero attached hydrogens (tertiary/aromatic N) is 1. The Morgan fingerprint density at radius 3 is 3.21 bits per heavy atom. The summed E-state index contributed by atoms with van der Waals surface area (Å²) in [6, 6.07) is 6.31. The molecule has 0 spiro atoms. The number of rotatable bonds is 4. The zero-order valence-electron chi connectivity index (χ0n) is 10.8. The maximum atomic E-state index is 5.78. The van der Waals surface area contributed by atoms with Crippen LogP contribution in [0.5, 0.6) is 5.75 Å². The number of aryl methyl sites for hydroxylation is 1. The van der Waals surface area contributed by atoms with Gasteiger partial charge in [-0.1, -0.05) is 6.07 Å². The van der Waals surface area contributed by atoms with E-state index in [4.69, 9.17) is 10.6 Å². The second kappa shape index (κ2) is 5.28. The maximum Gasteiger partial charge on any atom is 0.129 e. The third-order valence-corrected chi connectivity index (χ3v) is 4.72. The Morgan fingerprint density at radius 2 is 2.47 bits per heavy atom. The lowest BCUT2D eigenvalue weighted by atomic mass is 9.96. The van der Waals surface area contributed by atoms with Crippen LogP contribution in [0.2, 0.25) is 0 Å². The zero-order valence-corrected chi connectivity index (χ0v) is 11.6. The molecule has 5 heteroatoms. The highest BCUT2D eigenvalue weighted by molar-refractivity contribution is 7.10. The SMILES string of the molecule is COc1csc(C(NN)C2CCc3cccnc32)c1. The number of nitrogens with one attached hydrogen (secondary N) is 1. The molecule has 0 aliphatic heterocycles. The van der Waals surface area contributed by atoms with Crippen molar-refractivity contribution in [1.82, 2.24) is 10.4 Å². The Morgan fingerprint density at radius 1 is 1.58 bits per heavy atom. The topological polar surface area (TPSA) is 60.2 Å². The van der Waals surface area contributed by atoms with Crippen molar-refractivity contribution in [1.29, 1.82) is 0 Å². The predicted octanol–water partition coefficient (Wildman–Crippen LogP) is 2.39. The maximum absolute atomic E-state index is 5.78. The molecule has 2 heterocycles. The summed E-state index contributed by atoms with van der Waals surface area (Å²) in [5.41, 5.74) is 5.48. The van der Waals surface area contributed by atoms with E-state index < -0.39 is 0 Å². The van der Waals surface area contributed by atoms with Crippen LogP contribution < -0.4 is 16.0 Å². The second-order valence-electron chi connectivity index (χ2n) is 4.73. The van der Waals surface area contributed by atoms with Crippen LogP contribution in [0.1, 0.15) is 34.5 Å². The summed E-state index contributed by atoms with van der Waals surface area (Å²) in [6.07, 6.45) is 4.02. The Bertz CT molecular complexity index is 569. The van der Waals surface area contributed by atoms with E-state index in [1.807, 2.05) is 17.6 Å². The number of pyridine rings is 1. The summed E-state index contributed by atoms with van der Waals surface area (Å²) >= 11 is 1.67. The van der Waals surface area contributed by atoms with Crippen LogP contribution in [-0.2, 0) is 6.42 Å².